The van der Waals surface area contributed by atoms with Crippen LogP contribution in [0.15, 0.2) is 46.2 Å². The third-order valence-corrected chi connectivity index (χ3v) is 7.35. The van der Waals surface area contributed by atoms with Gasteiger partial charge >= 0.3 is 0 Å². The van der Waals surface area contributed by atoms with E-state index in [1.165, 1.54) is 31.4 Å². The second-order valence-electron chi connectivity index (χ2n) is 6.84. The van der Waals surface area contributed by atoms with Crippen molar-refractivity contribution in [3.8, 4) is 0 Å². The Balaban J connectivity index is 2.25. The monoisotopic (exact) mass is 426 g/mol. The van der Waals surface area contributed by atoms with Gasteiger partial charge < -0.3 is 4.74 Å². The molecule has 0 aliphatic carbocycles. The number of sulfonamides is 2. The van der Waals surface area contributed by atoms with Gasteiger partial charge in [-0.05, 0) is 63.1 Å². The largest absolute Gasteiger partial charge is 0.383 e. The van der Waals surface area contributed by atoms with Crippen molar-refractivity contribution in [3.63, 3.8) is 0 Å². The fraction of sp³-hybridized carbons (Fsp3) is 0.368. The van der Waals surface area contributed by atoms with Crippen molar-refractivity contribution in [2.75, 3.05) is 18.4 Å². The molecular weight excluding hydrogens is 400 g/mol. The zero-order valence-corrected chi connectivity index (χ0v) is 18.2. The zero-order valence-electron chi connectivity index (χ0n) is 16.6. The second kappa shape index (κ2) is 8.60. The van der Waals surface area contributed by atoms with E-state index in [9.17, 15) is 16.8 Å². The minimum absolute atomic E-state index is 0.0427. The maximum Gasteiger partial charge on any atom is 0.262 e. The maximum absolute atomic E-state index is 12.8. The number of aryl methyl sites for hydroxylation is 3. The van der Waals surface area contributed by atoms with Gasteiger partial charge in [0.15, 0.2) is 0 Å². The van der Waals surface area contributed by atoms with Gasteiger partial charge in [0.05, 0.1) is 16.4 Å². The summed E-state index contributed by atoms with van der Waals surface area (Å²) >= 11 is 0. The zero-order chi connectivity index (χ0) is 21.1. The molecule has 2 aromatic rings. The Labute approximate surface area is 167 Å². The maximum atomic E-state index is 12.8. The molecular formula is C19H26N2O5S2. The topological polar surface area (TPSA) is 102 Å². The SMILES string of the molecule is COC[C@@H](C)NS(=O)(=O)c1ccc(NS(=O)(=O)c2c(C)cc(C)cc2C)cc1. The van der Waals surface area contributed by atoms with Crippen molar-refractivity contribution < 1.29 is 21.6 Å². The van der Waals surface area contributed by atoms with Crippen molar-refractivity contribution in [2.45, 2.75) is 43.5 Å². The van der Waals surface area contributed by atoms with E-state index in [1.54, 1.807) is 20.8 Å². The van der Waals surface area contributed by atoms with Crippen LogP contribution in [0, 0.1) is 20.8 Å². The lowest BCUT2D eigenvalue weighted by molar-refractivity contribution is 0.180. The first kappa shape index (κ1) is 22.4. The first-order valence-corrected chi connectivity index (χ1v) is 11.6. The van der Waals surface area contributed by atoms with E-state index >= 15 is 0 Å². The number of ether oxygens (including phenoxy) is 1. The van der Waals surface area contributed by atoms with E-state index in [0.29, 0.717) is 11.1 Å². The minimum atomic E-state index is -3.80. The molecule has 0 fully saturated rings. The lowest BCUT2D eigenvalue weighted by atomic mass is 10.1. The van der Waals surface area contributed by atoms with Crippen LogP contribution in [-0.2, 0) is 24.8 Å². The highest BCUT2D eigenvalue weighted by Gasteiger charge is 2.21. The van der Waals surface area contributed by atoms with Crippen LogP contribution < -0.4 is 9.44 Å². The fourth-order valence-corrected chi connectivity index (χ4v) is 5.86. The van der Waals surface area contributed by atoms with E-state index in [4.69, 9.17) is 4.74 Å². The van der Waals surface area contributed by atoms with Gasteiger partial charge in [-0.15, -0.1) is 0 Å². The van der Waals surface area contributed by atoms with E-state index < -0.39 is 20.0 Å². The average Bonchev–Trinajstić information content (AvgIpc) is 2.53. The fourth-order valence-electron chi connectivity index (χ4n) is 3.12. The second-order valence-corrected chi connectivity index (χ2v) is 10.2. The number of hydrogen-bond donors (Lipinski definition) is 2. The third kappa shape index (κ3) is 5.32. The Hall–Kier alpha value is -1.94. The quantitative estimate of drug-likeness (QED) is 0.676. The van der Waals surface area contributed by atoms with E-state index in [0.717, 1.165) is 5.56 Å². The number of rotatable bonds is 8. The molecule has 1 atom stereocenters. The molecule has 7 nitrogen and oxygen atoms in total. The molecule has 0 aliphatic rings. The normalized spacial score (nSPS) is 13.3. The Morgan fingerprint density at radius 3 is 1.96 bits per heavy atom. The van der Waals surface area contributed by atoms with Crippen LogP contribution in [0.4, 0.5) is 5.69 Å². The molecule has 0 radical (unpaired) electrons. The average molecular weight is 427 g/mol. The molecule has 0 heterocycles. The predicted octanol–water partition coefficient (Wildman–Crippen LogP) is 2.73. The molecule has 0 aliphatic heterocycles. The highest BCUT2D eigenvalue weighted by molar-refractivity contribution is 7.92. The summed E-state index contributed by atoms with van der Waals surface area (Å²) in [4.78, 5) is 0.269. The molecule has 0 bridgehead atoms. The Morgan fingerprint density at radius 1 is 0.929 bits per heavy atom. The Kier molecular flexibility index (Phi) is 6.87. The van der Waals surface area contributed by atoms with Gasteiger partial charge in [-0.3, -0.25) is 4.72 Å². The summed E-state index contributed by atoms with van der Waals surface area (Å²) in [5, 5.41) is 0. The molecule has 154 valence electrons. The van der Waals surface area contributed by atoms with Crippen molar-refractivity contribution in [2.24, 2.45) is 0 Å². The van der Waals surface area contributed by atoms with Crippen molar-refractivity contribution in [1.29, 1.82) is 0 Å². The number of benzene rings is 2. The van der Waals surface area contributed by atoms with Crippen molar-refractivity contribution >= 4 is 25.7 Å². The standard InChI is InChI=1S/C19H26N2O5S2/c1-13-10-14(2)19(15(3)11-13)28(24,25)21-17-6-8-18(9-7-17)27(22,23)20-16(4)12-26-5/h6-11,16,20-21H,12H2,1-5H3/t16-/m1/s1. The first-order valence-electron chi connectivity index (χ1n) is 8.68. The van der Waals surface area contributed by atoms with Crippen LogP contribution in [0.2, 0.25) is 0 Å². The van der Waals surface area contributed by atoms with Gasteiger partial charge in [0, 0.05) is 18.8 Å². The number of methoxy groups -OCH3 is 1. The van der Waals surface area contributed by atoms with Crippen LogP contribution in [0.5, 0.6) is 0 Å². The Morgan fingerprint density at radius 2 is 1.46 bits per heavy atom. The van der Waals surface area contributed by atoms with Crippen LogP contribution in [0.25, 0.3) is 0 Å². The van der Waals surface area contributed by atoms with Gasteiger partial charge in [0.1, 0.15) is 0 Å². The minimum Gasteiger partial charge on any atom is -0.383 e. The van der Waals surface area contributed by atoms with Gasteiger partial charge in [0.25, 0.3) is 10.0 Å². The van der Waals surface area contributed by atoms with Crippen molar-refractivity contribution in [1.82, 2.24) is 4.72 Å². The lowest BCUT2D eigenvalue weighted by Gasteiger charge is -2.15. The van der Waals surface area contributed by atoms with E-state index in [2.05, 4.69) is 9.44 Å². The Bertz CT molecular complexity index is 1020. The summed E-state index contributed by atoms with van der Waals surface area (Å²) in [6.07, 6.45) is 0. The number of anilines is 1. The molecule has 0 saturated carbocycles. The predicted molar refractivity (Wildman–Crippen MR) is 110 cm³/mol. The molecule has 2 rings (SSSR count). The van der Waals surface area contributed by atoms with E-state index in [-0.39, 0.29) is 28.1 Å². The number of hydrogen-bond acceptors (Lipinski definition) is 5. The molecule has 28 heavy (non-hydrogen) atoms. The summed E-state index contributed by atoms with van der Waals surface area (Å²) in [7, 11) is -6.03. The van der Waals surface area contributed by atoms with Crippen LogP contribution in [-0.4, -0.2) is 36.6 Å². The van der Waals surface area contributed by atoms with Gasteiger partial charge in [-0.25, -0.2) is 21.6 Å². The molecule has 2 N–H and O–H groups in total. The van der Waals surface area contributed by atoms with Gasteiger partial charge in [-0.2, -0.15) is 0 Å². The summed E-state index contributed by atoms with van der Waals surface area (Å²) in [6.45, 7) is 7.33. The summed E-state index contributed by atoms with van der Waals surface area (Å²) in [6, 6.07) is 8.79. The highest BCUT2D eigenvalue weighted by Crippen LogP contribution is 2.25. The summed E-state index contributed by atoms with van der Waals surface area (Å²) < 4.78 is 60.2. The number of nitrogens with one attached hydrogen (secondary N) is 2. The van der Waals surface area contributed by atoms with Gasteiger partial charge in [0.2, 0.25) is 10.0 Å². The van der Waals surface area contributed by atoms with Crippen LogP contribution in [0.1, 0.15) is 23.6 Å². The first-order chi connectivity index (χ1) is 13.0. The molecule has 9 heteroatoms. The van der Waals surface area contributed by atoms with Crippen LogP contribution >= 0.6 is 0 Å². The van der Waals surface area contributed by atoms with E-state index in [1.807, 2.05) is 19.1 Å². The third-order valence-electron chi connectivity index (χ3n) is 4.06. The van der Waals surface area contributed by atoms with Crippen LogP contribution in [0.3, 0.4) is 0 Å². The molecule has 0 saturated heterocycles. The van der Waals surface area contributed by atoms with Crippen molar-refractivity contribution in [3.05, 3.63) is 53.1 Å². The summed E-state index contributed by atoms with van der Waals surface area (Å²) in [5.74, 6) is 0. The smallest absolute Gasteiger partial charge is 0.262 e. The molecule has 0 amide bonds. The summed E-state index contributed by atoms with van der Waals surface area (Å²) in [5.41, 5.74) is 2.57. The molecule has 0 spiro atoms. The molecule has 2 aromatic carbocycles. The lowest BCUT2D eigenvalue weighted by Crippen LogP contribution is -2.35. The molecule has 0 unspecified atom stereocenters. The van der Waals surface area contributed by atoms with Gasteiger partial charge in [-0.1, -0.05) is 17.7 Å². The highest BCUT2D eigenvalue weighted by atomic mass is 32.2. The molecule has 0 aromatic heterocycles.